The second-order valence-electron chi connectivity index (χ2n) is 6.45. The Bertz CT molecular complexity index is 804. The minimum Gasteiger partial charge on any atom is -0.318 e. The van der Waals surface area contributed by atoms with Crippen LogP contribution < -0.4 is 5.32 Å². The van der Waals surface area contributed by atoms with E-state index in [1.54, 1.807) is 12.4 Å². The number of aromatic nitrogens is 2. The normalized spacial score (nSPS) is 17.0. The lowest BCUT2D eigenvalue weighted by Gasteiger charge is -2.32. The van der Waals surface area contributed by atoms with E-state index in [0.717, 1.165) is 24.1 Å². The maximum absolute atomic E-state index is 12.6. The second-order valence-corrected chi connectivity index (χ2v) is 6.81. The summed E-state index contributed by atoms with van der Waals surface area (Å²) in [6.07, 6.45) is 8.10. The van der Waals surface area contributed by atoms with Crippen molar-refractivity contribution in [2.75, 3.05) is 11.9 Å². The van der Waals surface area contributed by atoms with Crippen LogP contribution in [0.1, 0.15) is 37.9 Å². The summed E-state index contributed by atoms with van der Waals surface area (Å²) in [6.45, 7) is 4.76. The Morgan fingerprint density at radius 2 is 2.00 bits per heavy atom. The van der Waals surface area contributed by atoms with Gasteiger partial charge in [-0.3, -0.25) is 4.98 Å². The van der Waals surface area contributed by atoms with E-state index in [2.05, 4.69) is 34.3 Å². The highest BCUT2D eigenvalue weighted by Crippen LogP contribution is 2.28. The van der Waals surface area contributed by atoms with E-state index in [4.69, 9.17) is 11.6 Å². The van der Waals surface area contributed by atoms with Crippen molar-refractivity contribution in [1.29, 1.82) is 0 Å². The highest BCUT2D eigenvalue weighted by molar-refractivity contribution is 6.30. The van der Waals surface area contributed by atoms with Crippen LogP contribution in [0.3, 0.4) is 0 Å². The molecule has 0 radical (unpaired) electrons. The van der Waals surface area contributed by atoms with Crippen LogP contribution in [0.25, 0.3) is 5.57 Å². The minimum absolute atomic E-state index is 0.0452. The second kappa shape index (κ2) is 8.32. The number of halogens is 1. The molecule has 0 unspecified atom stereocenters. The van der Waals surface area contributed by atoms with Gasteiger partial charge >= 0.3 is 6.03 Å². The number of nitrogens with zero attached hydrogens (tertiary/aromatic N) is 3. The number of anilines is 1. The fraction of sp³-hybridized carbons (Fsp3) is 0.350. The maximum atomic E-state index is 12.6. The number of nitrogens with one attached hydrogen (secondary N) is 1. The minimum atomic E-state index is -0.0960. The summed E-state index contributed by atoms with van der Waals surface area (Å²) in [6, 6.07) is 7.90. The van der Waals surface area contributed by atoms with E-state index in [1.165, 1.54) is 5.56 Å². The first-order valence-electron chi connectivity index (χ1n) is 8.92. The summed E-state index contributed by atoms with van der Waals surface area (Å²) in [4.78, 5) is 22.8. The van der Waals surface area contributed by atoms with Gasteiger partial charge in [-0.25, -0.2) is 9.78 Å². The fourth-order valence-corrected chi connectivity index (χ4v) is 3.39. The fourth-order valence-electron chi connectivity index (χ4n) is 3.17. The van der Waals surface area contributed by atoms with Crippen LogP contribution >= 0.6 is 11.6 Å². The van der Waals surface area contributed by atoms with Crippen LogP contribution in [0, 0.1) is 0 Å². The molecule has 0 saturated carbocycles. The van der Waals surface area contributed by atoms with E-state index < -0.39 is 0 Å². The first-order chi connectivity index (χ1) is 12.6. The van der Waals surface area contributed by atoms with Gasteiger partial charge in [0.05, 0.1) is 0 Å². The molecule has 0 bridgehead atoms. The third kappa shape index (κ3) is 4.22. The lowest BCUT2D eigenvalue weighted by Crippen LogP contribution is -2.43. The van der Waals surface area contributed by atoms with Gasteiger partial charge in [0.15, 0.2) is 5.15 Å². The highest BCUT2D eigenvalue weighted by Gasteiger charge is 2.25. The molecule has 136 valence electrons. The number of hydrogen-bond donors (Lipinski definition) is 1. The summed E-state index contributed by atoms with van der Waals surface area (Å²) in [5, 5.41) is 3.38. The quantitative estimate of drug-likeness (QED) is 0.841. The first-order valence-corrected chi connectivity index (χ1v) is 9.30. The number of aryl methyl sites for hydroxylation is 1. The molecule has 1 aliphatic heterocycles. The zero-order valence-corrected chi connectivity index (χ0v) is 15.8. The maximum Gasteiger partial charge on any atom is 0.322 e. The topological polar surface area (TPSA) is 58.1 Å². The molecule has 2 aromatic rings. The smallest absolute Gasteiger partial charge is 0.318 e. The van der Waals surface area contributed by atoms with Gasteiger partial charge < -0.3 is 10.2 Å². The third-order valence-electron chi connectivity index (χ3n) is 4.52. The van der Waals surface area contributed by atoms with E-state index in [-0.39, 0.29) is 12.1 Å². The zero-order chi connectivity index (χ0) is 18.5. The molecule has 0 aliphatic carbocycles. The molecule has 1 aromatic heterocycles. The molecule has 1 aromatic carbocycles. The van der Waals surface area contributed by atoms with E-state index >= 15 is 0 Å². The number of carbonyl (C=O) groups excluding carboxylic acids is 1. The predicted octanol–water partition coefficient (Wildman–Crippen LogP) is 4.79. The monoisotopic (exact) mass is 370 g/mol. The molecule has 2 amide bonds. The van der Waals surface area contributed by atoms with Gasteiger partial charge in [0, 0.05) is 30.7 Å². The van der Waals surface area contributed by atoms with Crippen LogP contribution in [0.2, 0.25) is 5.15 Å². The van der Waals surface area contributed by atoms with Crippen molar-refractivity contribution >= 4 is 28.9 Å². The van der Waals surface area contributed by atoms with Gasteiger partial charge in [-0.1, -0.05) is 43.2 Å². The average molecular weight is 371 g/mol. The summed E-state index contributed by atoms with van der Waals surface area (Å²) in [7, 11) is 0. The van der Waals surface area contributed by atoms with Gasteiger partial charge in [-0.15, -0.1) is 0 Å². The first kappa shape index (κ1) is 18.4. The van der Waals surface area contributed by atoms with Crippen molar-refractivity contribution in [1.82, 2.24) is 14.9 Å². The van der Waals surface area contributed by atoms with Gasteiger partial charge in [-0.05, 0) is 43.0 Å². The van der Waals surface area contributed by atoms with Crippen LogP contribution in [-0.4, -0.2) is 33.5 Å². The van der Waals surface area contributed by atoms with Gasteiger partial charge in [0.2, 0.25) is 0 Å². The van der Waals surface area contributed by atoms with Crippen molar-refractivity contribution in [2.24, 2.45) is 0 Å². The zero-order valence-electron chi connectivity index (χ0n) is 15.1. The van der Waals surface area contributed by atoms with Crippen LogP contribution in [0.15, 0.2) is 42.7 Å². The standard InChI is InChI=1S/C20H23ClN4O/c1-3-4-15-5-7-17(8-6-15)24-20(26)25-12-9-16(13-14(25)2)18-19(21)23-11-10-22-18/h5-8,10-11,13-14H,3-4,9,12H2,1-2H3,(H,24,26)/t14-/m1/s1. The van der Waals surface area contributed by atoms with Crippen LogP contribution in [0.4, 0.5) is 10.5 Å². The summed E-state index contributed by atoms with van der Waals surface area (Å²) in [5.74, 6) is 0. The lowest BCUT2D eigenvalue weighted by atomic mass is 10.0. The Morgan fingerprint density at radius 1 is 1.27 bits per heavy atom. The highest BCUT2D eigenvalue weighted by atomic mass is 35.5. The molecule has 26 heavy (non-hydrogen) atoms. The predicted molar refractivity (Wildman–Crippen MR) is 105 cm³/mol. The number of hydrogen-bond acceptors (Lipinski definition) is 3. The number of urea groups is 1. The Kier molecular flexibility index (Phi) is 5.89. The van der Waals surface area contributed by atoms with Crippen molar-refractivity contribution in [2.45, 2.75) is 39.2 Å². The molecule has 0 saturated heterocycles. The Labute approximate surface area is 159 Å². The summed E-state index contributed by atoms with van der Waals surface area (Å²) >= 11 is 6.14. The number of benzene rings is 1. The van der Waals surface area contributed by atoms with Gasteiger partial charge in [-0.2, -0.15) is 0 Å². The largest absolute Gasteiger partial charge is 0.322 e. The Morgan fingerprint density at radius 3 is 2.65 bits per heavy atom. The van der Waals surface area contributed by atoms with Crippen LogP contribution in [0.5, 0.6) is 0 Å². The molecule has 5 nitrogen and oxygen atoms in total. The molecule has 1 N–H and O–H groups in total. The molecule has 0 fully saturated rings. The molecule has 1 atom stereocenters. The lowest BCUT2D eigenvalue weighted by molar-refractivity contribution is 0.202. The van der Waals surface area contributed by atoms with Crippen molar-refractivity contribution in [3.63, 3.8) is 0 Å². The van der Waals surface area contributed by atoms with Crippen molar-refractivity contribution < 1.29 is 4.79 Å². The van der Waals surface area contributed by atoms with E-state index in [0.29, 0.717) is 23.8 Å². The Balaban J connectivity index is 1.67. The summed E-state index contributed by atoms with van der Waals surface area (Å²) < 4.78 is 0. The van der Waals surface area contributed by atoms with Crippen LogP contribution in [-0.2, 0) is 6.42 Å². The molecule has 6 heteroatoms. The molecule has 3 rings (SSSR count). The van der Waals surface area contributed by atoms with E-state index in [9.17, 15) is 4.79 Å². The molecule has 0 spiro atoms. The number of amides is 2. The molecule has 1 aliphatic rings. The van der Waals surface area contributed by atoms with E-state index in [1.807, 2.05) is 30.0 Å². The molecular weight excluding hydrogens is 348 g/mol. The average Bonchev–Trinajstić information content (AvgIpc) is 2.64. The van der Waals surface area contributed by atoms with Crippen molar-refractivity contribution in [3.8, 4) is 0 Å². The van der Waals surface area contributed by atoms with Crippen molar-refractivity contribution in [3.05, 3.63) is 59.1 Å². The SMILES string of the molecule is CCCc1ccc(NC(=O)N2CCC(c3nccnc3Cl)=C[C@H]2C)cc1. The molecule has 2 heterocycles. The number of carbonyl (C=O) groups is 1. The number of rotatable bonds is 4. The summed E-state index contributed by atoms with van der Waals surface area (Å²) in [5.41, 5.74) is 3.83. The third-order valence-corrected chi connectivity index (χ3v) is 4.80. The Hall–Kier alpha value is -2.40. The molecular formula is C20H23ClN4O. The van der Waals surface area contributed by atoms with Gasteiger partial charge in [0.25, 0.3) is 0 Å². The van der Waals surface area contributed by atoms with Gasteiger partial charge in [0.1, 0.15) is 5.69 Å².